The number of benzene rings is 2. The quantitative estimate of drug-likeness (QED) is 0.672. The van der Waals surface area contributed by atoms with Gasteiger partial charge >= 0.3 is 0 Å². The fraction of sp³-hybridized carbons (Fsp3) is 0.238. The highest BCUT2D eigenvalue weighted by Crippen LogP contribution is 2.18. The molecule has 1 heterocycles. The summed E-state index contributed by atoms with van der Waals surface area (Å²) in [6.45, 7) is 4.61. The van der Waals surface area contributed by atoms with Crippen LogP contribution < -0.4 is 10.9 Å². The third-order valence-corrected chi connectivity index (χ3v) is 4.75. The molecule has 0 aliphatic rings. The highest BCUT2D eigenvalue weighted by molar-refractivity contribution is 6.32. The molecule has 3 rings (SSSR count). The summed E-state index contributed by atoms with van der Waals surface area (Å²) in [5.74, 6) is 0. The molecule has 0 unspecified atom stereocenters. The molecule has 1 aromatic heterocycles. The maximum atomic E-state index is 12.5. The summed E-state index contributed by atoms with van der Waals surface area (Å²) < 4.78 is 1.30. The van der Waals surface area contributed by atoms with Crippen LogP contribution in [0.4, 0.5) is 5.69 Å². The van der Waals surface area contributed by atoms with Crippen LogP contribution in [-0.4, -0.2) is 28.3 Å². The molecule has 6 heteroatoms. The average molecular weight is 383 g/mol. The summed E-state index contributed by atoms with van der Waals surface area (Å²) >= 11 is 6.29. The third kappa shape index (κ3) is 4.76. The molecule has 0 spiro atoms. The lowest BCUT2D eigenvalue weighted by atomic mass is 10.1. The summed E-state index contributed by atoms with van der Waals surface area (Å²) in [4.78, 5) is 14.8. The van der Waals surface area contributed by atoms with Gasteiger partial charge in [0.15, 0.2) is 0 Å². The molecular formula is C21H23ClN4O. The fourth-order valence-corrected chi connectivity index (χ4v) is 2.96. The minimum atomic E-state index is -0.341. The normalized spacial score (nSPS) is 11.0. The summed E-state index contributed by atoms with van der Waals surface area (Å²) in [6.07, 6.45) is 1.59. The molecule has 0 fully saturated rings. The summed E-state index contributed by atoms with van der Waals surface area (Å²) in [6, 6.07) is 17.6. The van der Waals surface area contributed by atoms with Crippen LogP contribution in [0.25, 0.3) is 5.69 Å². The number of hydrogen-bond acceptors (Lipinski definition) is 4. The molecule has 2 aromatic carbocycles. The molecule has 1 N–H and O–H groups in total. The first kappa shape index (κ1) is 19.1. The number of aromatic nitrogens is 2. The van der Waals surface area contributed by atoms with Gasteiger partial charge in [0.25, 0.3) is 5.56 Å². The fourth-order valence-electron chi connectivity index (χ4n) is 2.77. The van der Waals surface area contributed by atoms with E-state index >= 15 is 0 Å². The van der Waals surface area contributed by atoms with Crippen LogP contribution in [0.15, 0.2) is 65.6 Å². The Balaban J connectivity index is 1.75. The number of hydrogen-bond donors (Lipinski definition) is 1. The Labute approximate surface area is 164 Å². The lowest BCUT2D eigenvalue weighted by Gasteiger charge is -2.15. The van der Waals surface area contributed by atoms with Gasteiger partial charge in [-0.1, -0.05) is 61.0 Å². The average Bonchev–Trinajstić information content (AvgIpc) is 2.70. The second-order valence-electron chi connectivity index (χ2n) is 6.43. The zero-order valence-corrected chi connectivity index (χ0v) is 16.3. The van der Waals surface area contributed by atoms with Crippen LogP contribution in [0, 0.1) is 0 Å². The van der Waals surface area contributed by atoms with Crippen LogP contribution in [0.3, 0.4) is 0 Å². The van der Waals surface area contributed by atoms with Crippen LogP contribution in [-0.2, 0) is 13.1 Å². The van der Waals surface area contributed by atoms with E-state index in [9.17, 15) is 4.79 Å². The molecule has 5 nitrogen and oxygen atoms in total. The zero-order valence-electron chi connectivity index (χ0n) is 15.5. The second-order valence-corrected chi connectivity index (χ2v) is 6.81. The highest BCUT2D eigenvalue weighted by Gasteiger charge is 2.10. The van der Waals surface area contributed by atoms with Crippen molar-refractivity contribution in [1.82, 2.24) is 14.7 Å². The van der Waals surface area contributed by atoms with Gasteiger partial charge in [-0.05, 0) is 36.9 Å². The predicted octanol–water partition coefficient (Wildman–Crippen LogP) is 3.95. The van der Waals surface area contributed by atoms with Gasteiger partial charge < -0.3 is 10.2 Å². The standard InChI is InChI=1S/C21H23ClN4O/c1-3-25(2)15-17-9-7-8-16(12-17)13-23-19-14-24-26(21(27)20(19)22)18-10-5-4-6-11-18/h4-12,14,23H,3,13,15H2,1-2H3. The maximum absolute atomic E-state index is 12.5. The molecule has 0 bridgehead atoms. The summed E-state index contributed by atoms with van der Waals surface area (Å²) in [5, 5.41) is 7.60. The first-order valence-electron chi connectivity index (χ1n) is 8.92. The van der Waals surface area contributed by atoms with Crippen molar-refractivity contribution in [3.05, 3.63) is 87.3 Å². The maximum Gasteiger partial charge on any atom is 0.292 e. The van der Waals surface area contributed by atoms with Gasteiger partial charge in [0.2, 0.25) is 0 Å². The van der Waals surface area contributed by atoms with Crippen molar-refractivity contribution < 1.29 is 0 Å². The van der Waals surface area contributed by atoms with Gasteiger partial charge in [0, 0.05) is 13.1 Å². The molecule has 140 valence electrons. The summed E-state index contributed by atoms with van der Waals surface area (Å²) in [5.41, 5.74) is 3.25. The Hall–Kier alpha value is -2.63. The van der Waals surface area contributed by atoms with E-state index in [4.69, 9.17) is 11.6 Å². The predicted molar refractivity (Wildman–Crippen MR) is 111 cm³/mol. The summed E-state index contributed by atoms with van der Waals surface area (Å²) in [7, 11) is 2.10. The molecular weight excluding hydrogens is 360 g/mol. The Morgan fingerprint density at radius 3 is 2.59 bits per heavy atom. The monoisotopic (exact) mass is 382 g/mol. The molecule has 27 heavy (non-hydrogen) atoms. The minimum absolute atomic E-state index is 0.135. The van der Waals surface area contributed by atoms with E-state index < -0.39 is 0 Å². The number of anilines is 1. The molecule has 3 aromatic rings. The Bertz CT molecular complexity index is 956. The smallest absolute Gasteiger partial charge is 0.292 e. The number of nitrogens with zero attached hydrogens (tertiary/aromatic N) is 3. The number of nitrogens with one attached hydrogen (secondary N) is 1. The minimum Gasteiger partial charge on any atom is -0.378 e. The van der Waals surface area contributed by atoms with Crippen LogP contribution in [0.1, 0.15) is 18.1 Å². The first-order chi connectivity index (χ1) is 13.1. The van der Waals surface area contributed by atoms with Crippen molar-refractivity contribution in [3.8, 4) is 5.69 Å². The van der Waals surface area contributed by atoms with Gasteiger partial charge in [-0.3, -0.25) is 4.79 Å². The topological polar surface area (TPSA) is 50.2 Å². The number of halogens is 1. The van der Waals surface area contributed by atoms with E-state index in [0.717, 1.165) is 18.7 Å². The largest absolute Gasteiger partial charge is 0.378 e. The van der Waals surface area contributed by atoms with E-state index in [1.54, 1.807) is 6.20 Å². The van der Waals surface area contributed by atoms with Crippen molar-refractivity contribution in [1.29, 1.82) is 0 Å². The number of para-hydroxylation sites is 1. The van der Waals surface area contributed by atoms with E-state index in [-0.39, 0.29) is 10.6 Å². The van der Waals surface area contributed by atoms with E-state index in [0.29, 0.717) is 17.9 Å². The first-order valence-corrected chi connectivity index (χ1v) is 9.29. The van der Waals surface area contributed by atoms with Crippen molar-refractivity contribution in [2.75, 3.05) is 18.9 Å². The zero-order chi connectivity index (χ0) is 19.2. The van der Waals surface area contributed by atoms with Gasteiger partial charge in [-0.25, -0.2) is 0 Å². The molecule has 0 atom stereocenters. The van der Waals surface area contributed by atoms with Crippen molar-refractivity contribution in [2.24, 2.45) is 0 Å². The van der Waals surface area contributed by atoms with Crippen molar-refractivity contribution >= 4 is 17.3 Å². The van der Waals surface area contributed by atoms with Gasteiger partial charge in [-0.15, -0.1) is 0 Å². The third-order valence-electron chi connectivity index (χ3n) is 4.39. The molecule has 0 saturated carbocycles. The molecule has 0 amide bonds. The highest BCUT2D eigenvalue weighted by atomic mass is 35.5. The van der Waals surface area contributed by atoms with E-state index in [1.165, 1.54) is 10.2 Å². The van der Waals surface area contributed by atoms with Crippen LogP contribution in [0.2, 0.25) is 5.02 Å². The van der Waals surface area contributed by atoms with E-state index in [1.807, 2.05) is 36.4 Å². The molecule has 0 aliphatic heterocycles. The van der Waals surface area contributed by atoms with Crippen molar-refractivity contribution in [3.63, 3.8) is 0 Å². The van der Waals surface area contributed by atoms with Gasteiger partial charge in [0.1, 0.15) is 5.02 Å². The number of rotatable bonds is 7. The Kier molecular flexibility index (Phi) is 6.27. The Morgan fingerprint density at radius 2 is 1.85 bits per heavy atom. The molecule has 0 aliphatic carbocycles. The van der Waals surface area contributed by atoms with Crippen LogP contribution >= 0.6 is 11.6 Å². The lowest BCUT2D eigenvalue weighted by molar-refractivity contribution is 0.345. The SMILES string of the molecule is CCN(C)Cc1cccc(CNc2cnn(-c3ccccc3)c(=O)c2Cl)c1. The van der Waals surface area contributed by atoms with Crippen LogP contribution in [0.5, 0.6) is 0 Å². The molecule has 0 saturated heterocycles. The lowest BCUT2D eigenvalue weighted by Crippen LogP contribution is -2.22. The van der Waals surface area contributed by atoms with Gasteiger partial charge in [-0.2, -0.15) is 9.78 Å². The van der Waals surface area contributed by atoms with Crippen molar-refractivity contribution in [2.45, 2.75) is 20.0 Å². The molecule has 0 radical (unpaired) electrons. The van der Waals surface area contributed by atoms with E-state index in [2.05, 4.69) is 47.5 Å². The second kappa shape index (κ2) is 8.84. The van der Waals surface area contributed by atoms with Gasteiger partial charge in [0.05, 0.1) is 17.6 Å². The Morgan fingerprint density at radius 1 is 1.11 bits per heavy atom.